The fourth-order valence-corrected chi connectivity index (χ4v) is 2.47. The van der Waals surface area contributed by atoms with Gasteiger partial charge in [0.25, 0.3) is 0 Å². The molecule has 3 amide bonds. The van der Waals surface area contributed by atoms with Crippen LogP contribution in [0.4, 0.5) is 4.79 Å². The predicted molar refractivity (Wildman–Crippen MR) is 72.6 cm³/mol. The molecule has 1 aliphatic carbocycles. The van der Waals surface area contributed by atoms with Crippen LogP contribution in [-0.2, 0) is 4.79 Å². The molecule has 2 aliphatic rings. The van der Waals surface area contributed by atoms with E-state index in [2.05, 4.69) is 16.0 Å². The number of carbonyl (C=O) groups excluding carboxylic acids is 2. The van der Waals surface area contributed by atoms with Crippen LogP contribution in [0.15, 0.2) is 24.3 Å². The van der Waals surface area contributed by atoms with Gasteiger partial charge in [0.2, 0.25) is 5.91 Å². The maximum absolute atomic E-state index is 11.9. The molecule has 3 rings (SSSR count). The van der Waals surface area contributed by atoms with E-state index in [1.807, 2.05) is 24.3 Å². The molecule has 1 aliphatic heterocycles. The number of hydrogen-bond donors (Lipinski definition) is 3. The Balaban J connectivity index is 1.53. The number of carbonyl (C=O) groups is 2. The molecule has 2 fully saturated rings. The van der Waals surface area contributed by atoms with E-state index in [1.54, 1.807) is 7.11 Å². The Labute approximate surface area is 116 Å². The maximum atomic E-state index is 11.9. The molecule has 1 aromatic carbocycles. The van der Waals surface area contributed by atoms with E-state index < -0.39 is 6.04 Å². The monoisotopic (exact) mass is 275 g/mol. The number of hydrogen-bond acceptors (Lipinski definition) is 3. The standard InChI is InChI=1S/C14H17N3O3/c1-20-9-4-2-8(3-5-9)10-6-11(10)16-13(18)12-7-15-14(19)17-12/h2-5,10-12H,6-7H2,1H3,(H,16,18)(H2,15,17,19). The van der Waals surface area contributed by atoms with Crippen molar-refractivity contribution in [3.05, 3.63) is 29.8 Å². The molecule has 3 unspecified atom stereocenters. The number of ether oxygens (including phenoxy) is 1. The maximum Gasteiger partial charge on any atom is 0.315 e. The number of rotatable bonds is 4. The molecule has 0 bridgehead atoms. The van der Waals surface area contributed by atoms with E-state index in [9.17, 15) is 9.59 Å². The zero-order valence-electron chi connectivity index (χ0n) is 11.2. The molecule has 0 aromatic heterocycles. The summed E-state index contributed by atoms with van der Waals surface area (Å²) in [6.45, 7) is 0.352. The molecule has 6 heteroatoms. The van der Waals surface area contributed by atoms with Crippen LogP contribution in [0.2, 0.25) is 0 Å². The fraction of sp³-hybridized carbons (Fsp3) is 0.429. The Morgan fingerprint density at radius 2 is 2.10 bits per heavy atom. The first-order valence-corrected chi connectivity index (χ1v) is 6.66. The second-order valence-electron chi connectivity index (χ2n) is 5.14. The van der Waals surface area contributed by atoms with Crippen molar-refractivity contribution in [2.75, 3.05) is 13.7 Å². The molecule has 3 atom stereocenters. The highest BCUT2D eigenvalue weighted by Gasteiger charge is 2.41. The molecule has 1 aromatic rings. The van der Waals surface area contributed by atoms with Gasteiger partial charge in [0.05, 0.1) is 7.11 Å². The summed E-state index contributed by atoms with van der Waals surface area (Å²) in [5, 5.41) is 8.12. The van der Waals surface area contributed by atoms with E-state index in [0.717, 1.165) is 12.2 Å². The summed E-state index contributed by atoms with van der Waals surface area (Å²) in [6.07, 6.45) is 0.937. The molecular weight excluding hydrogens is 258 g/mol. The SMILES string of the molecule is COc1ccc(C2CC2NC(=O)C2CNC(=O)N2)cc1. The van der Waals surface area contributed by atoms with Crippen LogP contribution < -0.4 is 20.7 Å². The molecule has 6 nitrogen and oxygen atoms in total. The van der Waals surface area contributed by atoms with Crippen LogP contribution in [0, 0.1) is 0 Å². The van der Waals surface area contributed by atoms with Crippen LogP contribution >= 0.6 is 0 Å². The Kier molecular flexibility index (Phi) is 3.22. The van der Waals surface area contributed by atoms with Crippen molar-refractivity contribution in [2.24, 2.45) is 0 Å². The Morgan fingerprint density at radius 1 is 1.35 bits per heavy atom. The highest BCUT2D eigenvalue weighted by molar-refractivity contribution is 5.90. The van der Waals surface area contributed by atoms with Crippen LogP contribution in [0.25, 0.3) is 0 Å². The summed E-state index contributed by atoms with van der Waals surface area (Å²) in [7, 11) is 1.64. The van der Waals surface area contributed by atoms with Crippen molar-refractivity contribution in [3.8, 4) is 5.75 Å². The van der Waals surface area contributed by atoms with Gasteiger partial charge in [-0.05, 0) is 24.1 Å². The third-order valence-corrected chi connectivity index (χ3v) is 3.75. The van der Waals surface area contributed by atoms with Crippen molar-refractivity contribution in [1.29, 1.82) is 0 Å². The Hall–Kier alpha value is -2.24. The topological polar surface area (TPSA) is 79.5 Å². The van der Waals surface area contributed by atoms with Crippen LogP contribution in [0.1, 0.15) is 17.9 Å². The predicted octanol–water partition coefficient (Wildman–Crippen LogP) is 0.349. The van der Waals surface area contributed by atoms with E-state index in [4.69, 9.17) is 4.74 Å². The normalized spacial score (nSPS) is 27.4. The number of urea groups is 1. The highest BCUT2D eigenvalue weighted by atomic mass is 16.5. The fourth-order valence-electron chi connectivity index (χ4n) is 2.47. The van der Waals surface area contributed by atoms with Crippen LogP contribution in [-0.4, -0.2) is 37.7 Å². The number of benzene rings is 1. The van der Waals surface area contributed by atoms with Gasteiger partial charge in [0.1, 0.15) is 11.8 Å². The van der Waals surface area contributed by atoms with E-state index in [-0.39, 0.29) is 18.0 Å². The van der Waals surface area contributed by atoms with Crippen molar-refractivity contribution in [3.63, 3.8) is 0 Å². The number of amides is 3. The molecule has 20 heavy (non-hydrogen) atoms. The van der Waals surface area contributed by atoms with Crippen molar-refractivity contribution in [2.45, 2.75) is 24.4 Å². The Bertz CT molecular complexity index is 529. The summed E-state index contributed by atoms with van der Waals surface area (Å²) >= 11 is 0. The lowest BCUT2D eigenvalue weighted by Gasteiger charge is -2.09. The van der Waals surface area contributed by atoms with Gasteiger partial charge in [0, 0.05) is 18.5 Å². The summed E-state index contributed by atoms with van der Waals surface area (Å²) in [5.41, 5.74) is 1.20. The quantitative estimate of drug-likeness (QED) is 0.742. The molecule has 3 N–H and O–H groups in total. The molecule has 0 radical (unpaired) electrons. The van der Waals surface area contributed by atoms with Crippen LogP contribution in [0.3, 0.4) is 0 Å². The minimum Gasteiger partial charge on any atom is -0.497 e. The van der Waals surface area contributed by atoms with Gasteiger partial charge in [0.15, 0.2) is 0 Å². The van der Waals surface area contributed by atoms with Gasteiger partial charge >= 0.3 is 6.03 Å². The first-order valence-electron chi connectivity index (χ1n) is 6.66. The van der Waals surface area contributed by atoms with Crippen molar-refractivity contribution in [1.82, 2.24) is 16.0 Å². The minimum atomic E-state index is -0.459. The van der Waals surface area contributed by atoms with E-state index in [0.29, 0.717) is 12.5 Å². The van der Waals surface area contributed by atoms with Crippen molar-refractivity contribution >= 4 is 11.9 Å². The molecule has 1 heterocycles. The lowest BCUT2D eigenvalue weighted by Crippen LogP contribution is -2.44. The zero-order chi connectivity index (χ0) is 14.1. The second-order valence-corrected chi connectivity index (χ2v) is 5.14. The van der Waals surface area contributed by atoms with E-state index in [1.165, 1.54) is 5.56 Å². The first kappa shape index (κ1) is 12.8. The summed E-state index contributed by atoms with van der Waals surface area (Å²) in [6, 6.07) is 7.31. The van der Waals surface area contributed by atoms with Gasteiger partial charge < -0.3 is 20.7 Å². The third kappa shape index (κ3) is 2.54. The van der Waals surface area contributed by atoms with Crippen LogP contribution in [0.5, 0.6) is 5.75 Å². The van der Waals surface area contributed by atoms with Gasteiger partial charge in [-0.15, -0.1) is 0 Å². The molecule has 1 saturated carbocycles. The molecule has 1 saturated heterocycles. The average Bonchev–Trinajstić information content (AvgIpc) is 3.09. The largest absolute Gasteiger partial charge is 0.497 e. The molecule has 106 valence electrons. The van der Waals surface area contributed by atoms with Gasteiger partial charge in [-0.25, -0.2) is 4.79 Å². The number of nitrogens with one attached hydrogen (secondary N) is 3. The van der Waals surface area contributed by atoms with Gasteiger partial charge in [-0.3, -0.25) is 4.79 Å². The van der Waals surface area contributed by atoms with Crippen molar-refractivity contribution < 1.29 is 14.3 Å². The van der Waals surface area contributed by atoms with Gasteiger partial charge in [-0.2, -0.15) is 0 Å². The third-order valence-electron chi connectivity index (χ3n) is 3.75. The first-order chi connectivity index (χ1) is 9.67. The smallest absolute Gasteiger partial charge is 0.315 e. The molecule has 0 spiro atoms. The lowest BCUT2D eigenvalue weighted by molar-refractivity contribution is -0.122. The summed E-state index contributed by atoms with van der Waals surface area (Å²) < 4.78 is 5.12. The molecular formula is C14H17N3O3. The minimum absolute atomic E-state index is 0.121. The van der Waals surface area contributed by atoms with E-state index >= 15 is 0 Å². The lowest BCUT2D eigenvalue weighted by atomic mass is 10.1. The number of methoxy groups -OCH3 is 1. The average molecular weight is 275 g/mol. The highest BCUT2D eigenvalue weighted by Crippen LogP contribution is 2.41. The summed E-state index contributed by atoms with van der Waals surface area (Å²) in [5.74, 6) is 1.06. The second kappa shape index (κ2) is 5.03. The zero-order valence-corrected chi connectivity index (χ0v) is 11.2. The Morgan fingerprint density at radius 3 is 2.70 bits per heavy atom. The summed E-state index contributed by atoms with van der Waals surface area (Å²) in [4.78, 5) is 22.9. The van der Waals surface area contributed by atoms with Gasteiger partial charge in [-0.1, -0.05) is 12.1 Å².